The van der Waals surface area contributed by atoms with E-state index in [0.717, 1.165) is 58.2 Å². The Kier molecular flexibility index (Phi) is 5.53. The number of piperidine rings is 1. The molecule has 7 nitrogen and oxygen atoms in total. The van der Waals surface area contributed by atoms with Gasteiger partial charge in [0.2, 0.25) is 5.91 Å². The van der Waals surface area contributed by atoms with Crippen molar-refractivity contribution in [3.05, 3.63) is 34.3 Å². The SMILES string of the molecule is CCO[C@H]1CC[C@](C)(N2CCC(n3c(=O)oc4ccc(C(N)=O)cc43)CC2)CC1. The average molecular weight is 402 g/mol. The monoisotopic (exact) mass is 401 g/mol. The summed E-state index contributed by atoms with van der Waals surface area (Å²) in [6.45, 7) is 7.13. The van der Waals surface area contributed by atoms with Crippen LogP contribution in [0.15, 0.2) is 27.4 Å². The summed E-state index contributed by atoms with van der Waals surface area (Å²) in [6.07, 6.45) is 6.72. The maximum absolute atomic E-state index is 12.5. The number of fused-ring (bicyclic) bond motifs is 1. The Morgan fingerprint density at radius 3 is 2.55 bits per heavy atom. The first-order valence-corrected chi connectivity index (χ1v) is 10.7. The van der Waals surface area contributed by atoms with Gasteiger partial charge in [0.05, 0.1) is 11.6 Å². The molecule has 2 aromatic rings. The van der Waals surface area contributed by atoms with Gasteiger partial charge in [-0.25, -0.2) is 4.79 Å². The van der Waals surface area contributed by atoms with Gasteiger partial charge >= 0.3 is 5.76 Å². The van der Waals surface area contributed by atoms with Crippen LogP contribution in [0.1, 0.15) is 68.8 Å². The number of oxazole rings is 1. The van der Waals surface area contributed by atoms with Gasteiger partial charge in [-0.2, -0.15) is 0 Å². The second kappa shape index (κ2) is 7.95. The molecule has 1 aromatic carbocycles. The van der Waals surface area contributed by atoms with E-state index >= 15 is 0 Å². The lowest BCUT2D eigenvalue weighted by Crippen LogP contribution is -2.52. The highest BCUT2D eigenvalue weighted by molar-refractivity contribution is 5.95. The molecule has 1 aliphatic carbocycles. The molecule has 2 aliphatic rings. The molecule has 0 bridgehead atoms. The zero-order chi connectivity index (χ0) is 20.6. The highest BCUT2D eigenvalue weighted by atomic mass is 16.5. The number of carbonyl (C=O) groups is 1. The lowest BCUT2D eigenvalue weighted by molar-refractivity contribution is -0.0274. The van der Waals surface area contributed by atoms with Crippen LogP contribution in [0, 0.1) is 0 Å². The third-order valence-corrected chi connectivity index (χ3v) is 6.90. The summed E-state index contributed by atoms with van der Waals surface area (Å²) in [7, 11) is 0. The summed E-state index contributed by atoms with van der Waals surface area (Å²) in [4.78, 5) is 26.7. The van der Waals surface area contributed by atoms with Crippen LogP contribution in [0.4, 0.5) is 0 Å². The largest absolute Gasteiger partial charge is 0.420 e. The van der Waals surface area contributed by atoms with E-state index in [1.807, 2.05) is 0 Å². The number of aromatic nitrogens is 1. The summed E-state index contributed by atoms with van der Waals surface area (Å²) in [6, 6.07) is 5.00. The van der Waals surface area contributed by atoms with Crippen LogP contribution >= 0.6 is 0 Å². The minimum absolute atomic E-state index is 0.0755. The average Bonchev–Trinajstić information content (AvgIpc) is 3.05. The quantitative estimate of drug-likeness (QED) is 0.831. The van der Waals surface area contributed by atoms with Crippen LogP contribution in [0.3, 0.4) is 0 Å². The minimum atomic E-state index is -0.502. The minimum Gasteiger partial charge on any atom is -0.408 e. The topological polar surface area (TPSA) is 90.7 Å². The van der Waals surface area contributed by atoms with Gasteiger partial charge in [-0.1, -0.05) is 0 Å². The molecule has 4 rings (SSSR count). The van der Waals surface area contributed by atoms with Crippen molar-refractivity contribution in [3.63, 3.8) is 0 Å². The predicted molar refractivity (Wildman–Crippen MR) is 111 cm³/mol. The Balaban J connectivity index is 1.47. The summed E-state index contributed by atoms with van der Waals surface area (Å²) in [5, 5.41) is 0. The second-order valence-corrected chi connectivity index (χ2v) is 8.65. The number of nitrogens with zero attached hydrogens (tertiary/aromatic N) is 2. The molecule has 2 N–H and O–H groups in total. The Bertz CT molecular complexity index is 931. The van der Waals surface area contributed by atoms with Crippen LogP contribution in [0.2, 0.25) is 0 Å². The summed E-state index contributed by atoms with van der Waals surface area (Å²) in [5.74, 6) is -0.860. The fourth-order valence-electron chi connectivity index (χ4n) is 5.13. The maximum atomic E-state index is 12.5. The maximum Gasteiger partial charge on any atom is 0.420 e. The number of carbonyl (C=O) groups excluding carboxylic acids is 1. The van der Waals surface area contributed by atoms with Gasteiger partial charge in [-0.15, -0.1) is 0 Å². The van der Waals surface area contributed by atoms with Gasteiger partial charge in [-0.3, -0.25) is 14.3 Å². The van der Waals surface area contributed by atoms with Crippen LogP contribution in [-0.2, 0) is 4.74 Å². The van der Waals surface area contributed by atoms with E-state index in [1.165, 1.54) is 0 Å². The van der Waals surface area contributed by atoms with E-state index in [-0.39, 0.29) is 17.3 Å². The number of likely N-dealkylation sites (tertiary alicyclic amines) is 1. The van der Waals surface area contributed by atoms with Crippen LogP contribution < -0.4 is 11.5 Å². The van der Waals surface area contributed by atoms with Crippen molar-refractivity contribution < 1.29 is 13.9 Å². The molecule has 2 fully saturated rings. The third-order valence-electron chi connectivity index (χ3n) is 6.90. The van der Waals surface area contributed by atoms with Crippen LogP contribution in [-0.4, -0.2) is 46.7 Å². The zero-order valence-corrected chi connectivity index (χ0v) is 17.4. The number of rotatable bonds is 5. The van der Waals surface area contributed by atoms with Crippen molar-refractivity contribution in [1.29, 1.82) is 0 Å². The molecule has 0 spiro atoms. The lowest BCUT2D eigenvalue weighted by atomic mass is 9.79. The van der Waals surface area contributed by atoms with E-state index in [2.05, 4.69) is 18.7 Å². The summed E-state index contributed by atoms with van der Waals surface area (Å²) < 4.78 is 12.9. The Labute approximate surface area is 170 Å². The van der Waals surface area contributed by atoms with Gasteiger partial charge in [0.1, 0.15) is 0 Å². The first-order valence-electron chi connectivity index (χ1n) is 10.7. The van der Waals surface area contributed by atoms with Crippen molar-refractivity contribution in [2.75, 3.05) is 19.7 Å². The van der Waals surface area contributed by atoms with Crippen molar-refractivity contribution in [3.8, 4) is 0 Å². The summed E-state index contributed by atoms with van der Waals surface area (Å²) >= 11 is 0. The van der Waals surface area contributed by atoms with E-state index in [9.17, 15) is 9.59 Å². The van der Waals surface area contributed by atoms with E-state index in [1.54, 1.807) is 22.8 Å². The zero-order valence-electron chi connectivity index (χ0n) is 17.4. The van der Waals surface area contributed by atoms with Gasteiger partial charge in [0.15, 0.2) is 5.58 Å². The molecule has 0 unspecified atom stereocenters. The Morgan fingerprint density at radius 2 is 1.93 bits per heavy atom. The van der Waals surface area contributed by atoms with Gasteiger partial charge < -0.3 is 14.9 Å². The molecule has 2 heterocycles. The van der Waals surface area contributed by atoms with Crippen molar-refractivity contribution >= 4 is 17.0 Å². The number of nitrogens with two attached hydrogens (primary N) is 1. The standard InChI is InChI=1S/C22H31N3O4/c1-3-28-17-6-10-22(2,11-7-17)24-12-8-16(9-13-24)25-18-14-15(20(23)26)4-5-19(18)29-21(25)27/h4-5,14,16-17H,3,6-13H2,1-2H3,(H2,23,26)/t17-,22-. The van der Waals surface area contributed by atoms with Gasteiger partial charge in [0, 0.05) is 36.8 Å². The first kappa shape index (κ1) is 20.2. The van der Waals surface area contributed by atoms with E-state index in [0.29, 0.717) is 22.8 Å². The molecule has 1 amide bonds. The first-order chi connectivity index (χ1) is 13.9. The van der Waals surface area contributed by atoms with E-state index < -0.39 is 5.91 Å². The number of primary amides is 1. The normalized spacial score (nSPS) is 26.8. The third kappa shape index (κ3) is 3.85. The molecule has 0 radical (unpaired) electrons. The van der Waals surface area contributed by atoms with Crippen molar-refractivity contribution in [2.24, 2.45) is 5.73 Å². The molecular weight excluding hydrogens is 370 g/mol. The Hall–Kier alpha value is -2.12. The molecule has 1 saturated carbocycles. The molecule has 0 atom stereocenters. The fraction of sp³-hybridized carbons (Fsp3) is 0.636. The van der Waals surface area contributed by atoms with Gasteiger partial charge in [0.25, 0.3) is 0 Å². The molecule has 29 heavy (non-hydrogen) atoms. The number of ether oxygens (including phenoxy) is 1. The predicted octanol–water partition coefficient (Wildman–Crippen LogP) is 3.07. The molecule has 1 saturated heterocycles. The second-order valence-electron chi connectivity index (χ2n) is 8.65. The molecule has 1 aliphatic heterocycles. The lowest BCUT2D eigenvalue weighted by Gasteiger charge is -2.48. The smallest absolute Gasteiger partial charge is 0.408 e. The number of benzene rings is 1. The van der Waals surface area contributed by atoms with E-state index in [4.69, 9.17) is 14.9 Å². The van der Waals surface area contributed by atoms with Crippen LogP contribution in [0.5, 0.6) is 0 Å². The Morgan fingerprint density at radius 1 is 1.24 bits per heavy atom. The molecule has 158 valence electrons. The number of hydrogen-bond donors (Lipinski definition) is 1. The number of hydrogen-bond acceptors (Lipinski definition) is 5. The summed E-state index contributed by atoms with van der Waals surface area (Å²) in [5.41, 5.74) is 7.18. The molecular formula is C22H31N3O4. The van der Waals surface area contributed by atoms with Crippen LogP contribution in [0.25, 0.3) is 11.1 Å². The van der Waals surface area contributed by atoms with Crippen molar-refractivity contribution in [1.82, 2.24) is 9.47 Å². The highest BCUT2D eigenvalue weighted by Gasteiger charge is 2.38. The fourth-order valence-corrected chi connectivity index (χ4v) is 5.13. The molecule has 1 aromatic heterocycles. The molecule has 7 heteroatoms. The van der Waals surface area contributed by atoms with Crippen molar-refractivity contribution in [2.45, 2.75) is 70.1 Å². The number of amides is 1. The van der Waals surface area contributed by atoms with Gasteiger partial charge in [-0.05, 0) is 70.6 Å². The highest BCUT2D eigenvalue weighted by Crippen LogP contribution is 2.38.